The lowest BCUT2D eigenvalue weighted by molar-refractivity contribution is -0.162. The second kappa shape index (κ2) is 8.19. The molecule has 25 heavy (non-hydrogen) atoms. The summed E-state index contributed by atoms with van der Waals surface area (Å²) < 4.78 is 5.81. The van der Waals surface area contributed by atoms with Crippen molar-refractivity contribution in [2.24, 2.45) is 5.92 Å². The first-order chi connectivity index (χ1) is 11.8. The molecule has 0 radical (unpaired) electrons. The van der Waals surface area contributed by atoms with E-state index in [0.29, 0.717) is 0 Å². The van der Waals surface area contributed by atoms with Gasteiger partial charge in [0.1, 0.15) is 11.4 Å². The molecule has 0 spiro atoms. The molecule has 2 aromatic carbocycles. The number of aromatic hydroxyl groups is 1. The van der Waals surface area contributed by atoms with Crippen molar-refractivity contribution in [1.29, 1.82) is 0 Å². The third-order valence-electron chi connectivity index (χ3n) is 4.72. The van der Waals surface area contributed by atoms with Crippen LogP contribution in [0.3, 0.4) is 0 Å². The molecule has 0 aliphatic rings. The van der Waals surface area contributed by atoms with E-state index in [-0.39, 0.29) is 23.6 Å². The summed E-state index contributed by atoms with van der Waals surface area (Å²) >= 11 is 0. The Morgan fingerprint density at radius 2 is 1.68 bits per heavy atom. The van der Waals surface area contributed by atoms with Crippen LogP contribution >= 0.6 is 0 Å². The zero-order chi connectivity index (χ0) is 18.4. The minimum Gasteiger partial charge on any atom is -0.508 e. The Hall–Kier alpha value is -2.29. The number of phenolic OH excluding ortho intramolecular Hbond substituents is 1. The van der Waals surface area contributed by atoms with Crippen LogP contribution in [-0.4, -0.2) is 11.1 Å². The van der Waals surface area contributed by atoms with Gasteiger partial charge >= 0.3 is 5.97 Å². The molecule has 2 atom stereocenters. The summed E-state index contributed by atoms with van der Waals surface area (Å²) in [7, 11) is 0. The fourth-order valence-electron chi connectivity index (χ4n) is 3.06. The van der Waals surface area contributed by atoms with Gasteiger partial charge in [-0.2, -0.15) is 0 Å². The van der Waals surface area contributed by atoms with Crippen molar-refractivity contribution >= 4 is 5.97 Å². The molecule has 0 heterocycles. The number of benzene rings is 2. The molecule has 0 aliphatic heterocycles. The maximum absolute atomic E-state index is 12.6. The second-order valence-corrected chi connectivity index (χ2v) is 7.13. The highest BCUT2D eigenvalue weighted by molar-refractivity contribution is 5.72. The smallest absolute Gasteiger partial charge is 0.309 e. The molecule has 0 aromatic heterocycles. The summed E-state index contributed by atoms with van der Waals surface area (Å²) in [5, 5.41) is 9.44. The first-order valence-corrected chi connectivity index (χ1v) is 8.90. The molecule has 3 heteroatoms. The number of hydrogen-bond acceptors (Lipinski definition) is 3. The number of rotatable bonds is 7. The third kappa shape index (κ3) is 5.09. The molecular formula is C22H28O3. The van der Waals surface area contributed by atoms with Crippen molar-refractivity contribution in [3.05, 3.63) is 65.7 Å². The third-order valence-corrected chi connectivity index (χ3v) is 4.72. The standard InChI is InChI=1S/C22H28O3/c1-5-17(18-11-13-20(23)14-12-18)15-16(2)21(24)25-22(3,4)19-9-7-6-8-10-19/h6-14,16-17,23H,5,15H2,1-4H3. The number of carbonyl (C=O) groups excluding carboxylic acids is 1. The second-order valence-electron chi connectivity index (χ2n) is 7.13. The van der Waals surface area contributed by atoms with Gasteiger partial charge in [-0.15, -0.1) is 0 Å². The lowest BCUT2D eigenvalue weighted by Gasteiger charge is -2.28. The van der Waals surface area contributed by atoms with E-state index >= 15 is 0 Å². The van der Waals surface area contributed by atoms with Crippen molar-refractivity contribution < 1.29 is 14.6 Å². The van der Waals surface area contributed by atoms with Gasteiger partial charge in [-0.25, -0.2) is 0 Å². The molecule has 134 valence electrons. The molecule has 2 unspecified atom stereocenters. The Bertz CT molecular complexity index is 674. The topological polar surface area (TPSA) is 46.5 Å². The van der Waals surface area contributed by atoms with E-state index in [9.17, 15) is 9.90 Å². The van der Waals surface area contributed by atoms with Crippen LogP contribution in [0.1, 0.15) is 57.6 Å². The van der Waals surface area contributed by atoms with Crippen LogP contribution in [0.25, 0.3) is 0 Å². The maximum Gasteiger partial charge on any atom is 0.309 e. The van der Waals surface area contributed by atoms with Gasteiger partial charge in [0.2, 0.25) is 0 Å². The lowest BCUT2D eigenvalue weighted by atomic mass is 9.87. The average Bonchev–Trinajstić information content (AvgIpc) is 2.60. The van der Waals surface area contributed by atoms with Crippen LogP contribution in [0.5, 0.6) is 5.75 Å². The molecule has 0 fully saturated rings. The van der Waals surface area contributed by atoms with Crippen LogP contribution in [0.4, 0.5) is 0 Å². The van der Waals surface area contributed by atoms with Crippen LogP contribution < -0.4 is 0 Å². The molecular weight excluding hydrogens is 312 g/mol. The molecule has 0 aliphatic carbocycles. The van der Waals surface area contributed by atoms with Crippen molar-refractivity contribution in [3.63, 3.8) is 0 Å². The minimum absolute atomic E-state index is 0.175. The predicted octanol–water partition coefficient (Wildman–Crippen LogP) is 5.39. The fourth-order valence-corrected chi connectivity index (χ4v) is 3.06. The Labute approximate surface area is 150 Å². The van der Waals surface area contributed by atoms with Crippen molar-refractivity contribution in [1.82, 2.24) is 0 Å². The van der Waals surface area contributed by atoms with Crippen LogP contribution in [0.2, 0.25) is 0 Å². The summed E-state index contributed by atoms with van der Waals surface area (Å²) in [6.45, 7) is 7.88. The molecule has 0 saturated carbocycles. The molecule has 0 amide bonds. The van der Waals surface area contributed by atoms with Gasteiger partial charge in [-0.3, -0.25) is 4.79 Å². The van der Waals surface area contributed by atoms with Crippen LogP contribution in [-0.2, 0) is 15.1 Å². The van der Waals surface area contributed by atoms with Crippen molar-refractivity contribution in [3.8, 4) is 5.75 Å². The molecule has 2 rings (SSSR count). The lowest BCUT2D eigenvalue weighted by Crippen LogP contribution is -2.29. The highest BCUT2D eigenvalue weighted by Gasteiger charge is 2.29. The zero-order valence-corrected chi connectivity index (χ0v) is 15.5. The number of phenols is 1. The van der Waals surface area contributed by atoms with E-state index in [2.05, 4.69) is 6.92 Å². The molecule has 1 N–H and O–H groups in total. The van der Waals surface area contributed by atoms with E-state index < -0.39 is 5.60 Å². The number of esters is 1. The molecule has 2 aromatic rings. The summed E-state index contributed by atoms with van der Waals surface area (Å²) in [4.78, 5) is 12.6. The van der Waals surface area contributed by atoms with Gasteiger partial charge in [-0.05, 0) is 55.9 Å². The number of carbonyl (C=O) groups is 1. The Balaban J connectivity index is 2.02. The minimum atomic E-state index is -0.646. The highest BCUT2D eigenvalue weighted by atomic mass is 16.6. The summed E-state index contributed by atoms with van der Waals surface area (Å²) in [5.74, 6) is 0.159. The van der Waals surface area contributed by atoms with E-state index in [1.807, 2.05) is 63.2 Å². The first kappa shape index (κ1) is 19.0. The van der Waals surface area contributed by atoms with Gasteiger partial charge < -0.3 is 9.84 Å². The molecule has 0 saturated heterocycles. The van der Waals surface area contributed by atoms with Crippen LogP contribution in [0.15, 0.2) is 54.6 Å². The monoisotopic (exact) mass is 340 g/mol. The zero-order valence-electron chi connectivity index (χ0n) is 15.5. The molecule has 0 bridgehead atoms. The van der Waals surface area contributed by atoms with Gasteiger partial charge in [-0.1, -0.05) is 56.3 Å². The predicted molar refractivity (Wildman–Crippen MR) is 100 cm³/mol. The van der Waals surface area contributed by atoms with Gasteiger partial charge in [0, 0.05) is 0 Å². The van der Waals surface area contributed by atoms with E-state index in [1.54, 1.807) is 12.1 Å². The summed E-state index contributed by atoms with van der Waals surface area (Å²) in [5.41, 5.74) is 1.48. The Morgan fingerprint density at radius 3 is 2.24 bits per heavy atom. The Morgan fingerprint density at radius 1 is 1.08 bits per heavy atom. The van der Waals surface area contributed by atoms with Gasteiger partial charge in [0.05, 0.1) is 5.92 Å². The van der Waals surface area contributed by atoms with E-state index in [0.717, 1.165) is 24.0 Å². The normalized spacial score (nSPS) is 13.9. The Kier molecular flexibility index (Phi) is 6.24. The SMILES string of the molecule is CCC(CC(C)C(=O)OC(C)(C)c1ccccc1)c1ccc(O)cc1. The summed E-state index contributed by atoms with van der Waals surface area (Å²) in [6.07, 6.45) is 1.66. The first-order valence-electron chi connectivity index (χ1n) is 8.90. The van der Waals surface area contributed by atoms with Gasteiger partial charge in [0.15, 0.2) is 0 Å². The quantitative estimate of drug-likeness (QED) is 0.687. The number of ether oxygens (including phenoxy) is 1. The number of hydrogen-bond donors (Lipinski definition) is 1. The van der Waals surface area contributed by atoms with Crippen molar-refractivity contribution in [2.75, 3.05) is 0 Å². The average molecular weight is 340 g/mol. The largest absolute Gasteiger partial charge is 0.508 e. The molecule has 3 nitrogen and oxygen atoms in total. The maximum atomic E-state index is 12.6. The van der Waals surface area contributed by atoms with Crippen LogP contribution in [0, 0.1) is 5.92 Å². The van der Waals surface area contributed by atoms with Crippen molar-refractivity contribution in [2.45, 2.75) is 52.1 Å². The fraction of sp³-hybridized carbons (Fsp3) is 0.409. The van der Waals surface area contributed by atoms with E-state index in [1.165, 1.54) is 0 Å². The summed E-state index contributed by atoms with van der Waals surface area (Å²) in [6, 6.07) is 17.0. The highest BCUT2D eigenvalue weighted by Crippen LogP contribution is 2.31. The van der Waals surface area contributed by atoms with Gasteiger partial charge in [0.25, 0.3) is 0 Å². The van der Waals surface area contributed by atoms with E-state index in [4.69, 9.17) is 4.74 Å².